The van der Waals surface area contributed by atoms with E-state index in [1.165, 1.54) is 22.9 Å². The standard InChI is InChI=1S/C43H36BrN3O4/c1-27-9-8-10-29(21-27)26-51-39-16-15-28(23-38(39)44)22-37-41(48)45-43(50)47(42(37)49)32-24-35-33(30-11-4-2-5-12-30)17-19-46-20-18-34(36(25-32)40(35)46)31-13-6-3-7-14-31/h2-16,21-25,33-34H,17-20,26H2,1H3,(H,45,48,50)/b37-22+/t33-,34+. The van der Waals surface area contributed by atoms with Gasteiger partial charge in [-0.25, -0.2) is 9.69 Å². The molecule has 1 saturated heterocycles. The summed E-state index contributed by atoms with van der Waals surface area (Å²) in [4.78, 5) is 44.6. The first kappa shape index (κ1) is 32.7. The highest BCUT2D eigenvalue weighted by atomic mass is 79.9. The Kier molecular flexibility index (Phi) is 8.78. The van der Waals surface area contributed by atoms with Gasteiger partial charge < -0.3 is 9.64 Å². The second kappa shape index (κ2) is 13.7. The van der Waals surface area contributed by atoms with Crippen LogP contribution in [0.4, 0.5) is 16.2 Å². The lowest BCUT2D eigenvalue weighted by atomic mass is 9.76. The zero-order valence-electron chi connectivity index (χ0n) is 28.1. The van der Waals surface area contributed by atoms with Gasteiger partial charge in [0.2, 0.25) is 0 Å². The number of aryl methyl sites for hydroxylation is 1. The van der Waals surface area contributed by atoms with Gasteiger partial charge in [-0.3, -0.25) is 14.9 Å². The minimum absolute atomic E-state index is 0.0919. The molecule has 5 aromatic rings. The molecule has 0 unspecified atom stereocenters. The Morgan fingerprint density at radius 1 is 0.784 bits per heavy atom. The Morgan fingerprint density at radius 2 is 1.43 bits per heavy atom. The van der Waals surface area contributed by atoms with Crippen molar-refractivity contribution in [2.45, 2.75) is 38.2 Å². The fourth-order valence-electron chi connectivity index (χ4n) is 7.71. The molecule has 0 bridgehead atoms. The van der Waals surface area contributed by atoms with Crippen LogP contribution < -0.4 is 19.9 Å². The Hall–Kier alpha value is -5.47. The first-order valence-electron chi connectivity index (χ1n) is 17.3. The molecule has 0 aliphatic carbocycles. The van der Waals surface area contributed by atoms with Crippen molar-refractivity contribution in [2.24, 2.45) is 0 Å². The quantitative estimate of drug-likeness (QED) is 0.133. The number of halogens is 1. The van der Waals surface area contributed by atoms with Crippen molar-refractivity contribution in [1.29, 1.82) is 0 Å². The number of carbonyl (C=O) groups excluding carboxylic acids is 3. The van der Waals surface area contributed by atoms with Crippen LogP contribution >= 0.6 is 15.9 Å². The number of carbonyl (C=O) groups is 3. The van der Waals surface area contributed by atoms with Crippen LogP contribution in [0.25, 0.3) is 6.08 Å². The maximum Gasteiger partial charge on any atom is 0.335 e. The van der Waals surface area contributed by atoms with E-state index in [1.807, 2.05) is 49.4 Å². The second-order valence-corrected chi connectivity index (χ2v) is 14.2. The molecule has 2 atom stereocenters. The minimum Gasteiger partial charge on any atom is -0.488 e. The van der Waals surface area contributed by atoms with E-state index < -0.39 is 17.8 Å². The zero-order valence-corrected chi connectivity index (χ0v) is 29.7. The van der Waals surface area contributed by atoms with E-state index in [0.29, 0.717) is 28.1 Å². The molecule has 254 valence electrons. The highest BCUT2D eigenvalue weighted by Gasteiger charge is 2.40. The summed E-state index contributed by atoms with van der Waals surface area (Å²) in [6.07, 6.45) is 3.36. The Labute approximate surface area is 305 Å². The molecular weight excluding hydrogens is 702 g/mol. The van der Waals surface area contributed by atoms with Crippen LogP contribution in [0.15, 0.2) is 125 Å². The normalized spacial score (nSPS) is 19.2. The van der Waals surface area contributed by atoms with Gasteiger partial charge in [0.05, 0.1) is 10.2 Å². The summed E-state index contributed by atoms with van der Waals surface area (Å²) in [5, 5.41) is 2.44. The molecule has 8 rings (SSSR count). The number of nitrogens with one attached hydrogen (secondary N) is 1. The summed E-state index contributed by atoms with van der Waals surface area (Å²) in [6.45, 7) is 4.29. The third-order valence-corrected chi connectivity index (χ3v) is 10.7. The Bertz CT molecular complexity index is 2130. The largest absolute Gasteiger partial charge is 0.488 e. The monoisotopic (exact) mass is 737 g/mol. The molecule has 0 aromatic heterocycles. The van der Waals surface area contributed by atoms with Crippen LogP contribution in [0.3, 0.4) is 0 Å². The highest BCUT2D eigenvalue weighted by Crippen LogP contribution is 2.50. The van der Waals surface area contributed by atoms with Crippen LogP contribution in [0.5, 0.6) is 5.75 Å². The highest BCUT2D eigenvalue weighted by molar-refractivity contribution is 9.10. The fraction of sp³-hybridized carbons (Fsp3) is 0.186. The van der Waals surface area contributed by atoms with E-state index in [4.69, 9.17) is 4.74 Å². The first-order chi connectivity index (χ1) is 24.8. The molecule has 3 aliphatic heterocycles. The molecule has 3 aliphatic rings. The number of urea groups is 1. The summed E-state index contributed by atoms with van der Waals surface area (Å²) < 4.78 is 6.72. The number of amides is 4. The van der Waals surface area contributed by atoms with E-state index in [9.17, 15) is 14.4 Å². The van der Waals surface area contributed by atoms with E-state index in [1.54, 1.807) is 18.2 Å². The number of imide groups is 2. The van der Waals surface area contributed by atoms with Crippen molar-refractivity contribution in [3.05, 3.63) is 164 Å². The van der Waals surface area contributed by atoms with Gasteiger partial charge in [0.25, 0.3) is 11.8 Å². The van der Waals surface area contributed by atoms with Crippen molar-refractivity contribution in [2.75, 3.05) is 22.9 Å². The van der Waals surface area contributed by atoms with E-state index in [0.717, 1.165) is 53.1 Å². The lowest BCUT2D eigenvalue weighted by Crippen LogP contribution is -2.54. The number of hydrogen-bond donors (Lipinski definition) is 1. The van der Waals surface area contributed by atoms with Crippen molar-refractivity contribution in [1.82, 2.24) is 5.32 Å². The molecule has 1 N–H and O–H groups in total. The van der Waals surface area contributed by atoms with E-state index >= 15 is 0 Å². The molecule has 5 aromatic carbocycles. The zero-order chi connectivity index (χ0) is 35.1. The van der Waals surface area contributed by atoms with Gasteiger partial charge in [-0.2, -0.15) is 0 Å². The topological polar surface area (TPSA) is 79.0 Å². The third-order valence-electron chi connectivity index (χ3n) is 10.1. The number of hydrogen-bond acceptors (Lipinski definition) is 5. The minimum atomic E-state index is -0.758. The maximum atomic E-state index is 14.3. The van der Waals surface area contributed by atoms with Crippen LogP contribution in [-0.4, -0.2) is 30.9 Å². The number of benzene rings is 5. The van der Waals surface area contributed by atoms with Crippen LogP contribution in [-0.2, 0) is 16.2 Å². The summed E-state index contributed by atoms with van der Waals surface area (Å²) in [5.41, 5.74) is 8.91. The van der Waals surface area contributed by atoms with Crippen molar-refractivity contribution >= 4 is 51.2 Å². The molecule has 8 heteroatoms. The lowest BCUT2D eigenvalue weighted by Gasteiger charge is -2.44. The molecule has 0 saturated carbocycles. The first-order valence-corrected chi connectivity index (χ1v) is 18.1. The maximum absolute atomic E-state index is 14.3. The SMILES string of the molecule is Cc1cccc(COc2ccc(/C=C3\C(=O)NC(=O)N(c4cc5c6c(c4)[C@H](c4ccccc4)CCN6CC[C@@H]5c4ccccc4)C3=O)cc2Br)c1. The molecular formula is C43H36BrN3O4. The third kappa shape index (κ3) is 6.36. The molecule has 1 fully saturated rings. The van der Waals surface area contributed by atoms with Crippen molar-refractivity contribution in [3.63, 3.8) is 0 Å². The van der Waals surface area contributed by atoms with Crippen LogP contribution in [0, 0.1) is 6.92 Å². The van der Waals surface area contributed by atoms with Gasteiger partial charge in [-0.15, -0.1) is 0 Å². The molecule has 3 heterocycles. The summed E-state index contributed by atoms with van der Waals surface area (Å²) in [5.74, 6) is -0.578. The number of anilines is 2. The average molecular weight is 739 g/mol. The average Bonchev–Trinajstić information content (AvgIpc) is 3.14. The van der Waals surface area contributed by atoms with Crippen LogP contribution in [0.2, 0.25) is 0 Å². The number of rotatable bonds is 7. The summed E-state index contributed by atoms with van der Waals surface area (Å²) in [6, 6.07) is 37.5. The van der Waals surface area contributed by atoms with Crippen LogP contribution in [0.1, 0.15) is 63.6 Å². The number of ether oxygens (including phenoxy) is 1. The van der Waals surface area contributed by atoms with Crippen molar-refractivity contribution in [3.8, 4) is 5.75 Å². The number of barbiturate groups is 1. The second-order valence-electron chi connectivity index (χ2n) is 13.4. The molecule has 0 radical (unpaired) electrons. The predicted octanol–water partition coefficient (Wildman–Crippen LogP) is 8.88. The summed E-state index contributed by atoms with van der Waals surface area (Å²) >= 11 is 3.59. The summed E-state index contributed by atoms with van der Waals surface area (Å²) in [7, 11) is 0. The fourth-order valence-corrected chi connectivity index (χ4v) is 8.23. The van der Waals surface area contributed by atoms with Gasteiger partial charge in [0.15, 0.2) is 0 Å². The smallest absolute Gasteiger partial charge is 0.335 e. The molecule has 7 nitrogen and oxygen atoms in total. The van der Waals surface area contributed by atoms with Gasteiger partial charge in [-0.05, 0) is 99.4 Å². The van der Waals surface area contributed by atoms with Gasteiger partial charge >= 0.3 is 6.03 Å². The Balaban J connectivity index is 1.16. The molecule has 0 spiro atoms. The molecule has 4 amide bonds. The lowest BCUT2D eigenvalue weighted by molar-refractivity contribution is -0.122. The van der Waals surface area contributed by atoms with E-state index in [2.05, 4.69) is 80.7 Å². The Morgan fingerprint density at radius 3 is 2.04 bits per heavy atom. The van der Waals surface area contributed by atoms with E-state index in [-0.39, 0.29) is 17.4 Å². The predicted molar refractivity (Wildman–Crippen MR) is 203 cm³/mol. The van der Waals surface area contributed by atoms with Gasteiger partial charge in [-0.1, -0.05) is 96.6 Å². The number of nitrogens with zero attached hydrogens (tertiary/aromatic N) is 2. The van der Waals surface area contributed by atoms with Crippen molar-refractivity contribution < 1.29 is 19.1 Å². The van der Waals surface area contributed by atoms with Gasteiger partial charge in [0.1, 0.15) is 17.9 Å². The molecule has 51 heavy (non-hydrogen) atoms. The van der Waals surface area contributed by atoms with Gasteiger partial charge in [0, 0.05) is 30.6 Å².